The summed E-state index contributed by atoms with van der Waals surface area (Å²) in [6, 6.07) is 6.61. The lowest BCUT2D eigenvalue weighted by molar-refractivity contribution is 0.330. The fraction of sp³-hybridized carbons (Fsp3) is 0.533. The van der Waals surface area contributed by atoms with Crippen LogP contribution in [0.2, 0.25) is 0 Å². The Balaban J connectivity index is 2.08. The van der Waals surface area contributed by atoms with Gasteiger partial charge >= 0.3 is 0 Å². The van der Waals surface area contributed by atoms with Gasteiger partial charge in [-0.15, -0.1) is 0 Å². The molecule has 0 bridgehead atoms. The molecular weight excluding hydrogens is 320 g/mol. The highest BCUT2D eigenvalue weighted by Crippen LogP contribution is 2.31. The van der Waals surface area contributed by atoms with Crippen LogP contribution >= 0.6 is 28.1 Å². The maximum Gasteiger partial charge on any atom is 0.107 e. The van der Waals surface area contributed by atoms with E-state index in [1.54, 1.807) is 0 Å². The smallest absolute Gasteiger partial charge is 0.107 e. The second-order valence-corrected chi connectivity index (χ2v) is 6.59. The van der Waals surface area contributed by atoms with Gasteiger partial charge in [-0.25, -0.2) is 0 Å². The van der Waals surface area contributed by atoms with E-state index in [9.17, 15) is 0 Å². The van der Waals surface area contributed by atoms with Crippen LogP contribution in [0.5, 0.6) is 0 Å². The zero-order chi connectivity index (χ0) is 13.8. The molecule has 3 N–H and O–H groups in total. The standard InChI is InChI=1S/C15H21BrN2S/c1-2-10-6-8-11(9-7-10)18-13-5-3-4-12(16)14(13)15(17)19/h3-5,10-11,18H,2,6-9H2,1H3,(H2,17,19). The maximum atomic E-state index is 5.83. The fourth-order valence-corrected chi connectivity index (χ4v) is 3.76. The number of benzene rings is 1. The minimum absolute atomic E-state index is 0.442. The van der Waals surface area contributed by atoms with Crippen molar-refractivity contribution in [3.05, 3.63) is 28.2 Å². The number of nitrogens with one attached hydrogen (secondary N) is 1. The van der Waals surface area contributed by atoms with Crippen molar-refractivity contribution < 1.29 is 0 Å². The summed E-state index contributed by atoms with van der Waals surface area (Å²) in [7, 11) is 0. The molecule has 0 aliphatic heterocycles. The summed E-state index contributed by atoms with van der Waals surface area (Å²) in [4.78, 5) is 0.442. The zero-order valence-corrected chi connectivity index (χ0v) is 13.7. The van der Waals surface area contributed by atoms with Crippen molar-refractivity contribution in [3.8, 4) is 0 Å². The van der Waals surface area contributed by atoms with Crippen LogP contribution in [-0.4, -0.2) is 11.0 Å². The van der Waals surface area contributed by atoms with Gasteiger partial charge in [-0.1, -0.05) is 31.6 Å². The summed E-state index contributed by atoms with van der Waals surface area (Å²) in [5, 5.41) is 3.62. The molecule has 1 fully saturated rings. The van der Waals surface area contributed by atoms with Gasteiger partial charge in [-0.2, -0.15) is 0 Å². The Morgan fingerprint density at radius 3 is 2.63 bits per heavy atom. The lowest BCUT2D eigenvalue weighted by atomic mass is 9.84. The number of anilines is 1. The lowest BCUT2D eigenvalue weighted by Gasteiger charge is -2.30. The molecule has 19 heavy (non-hydrogen) atoms. The third-order valence-electron chi connectivity index (χ3n) is 4.04. The largest absolute Gasteiger partial charge is 0.389 e. The average molecular weight is 341 g/mol. The van der Waals surface area contributed by atoms with E-state index in [1.807, 2.05) is 12.1 Å². The normalized spacial score (nSPS) is 23.1. The highest BCUT2D eigenvalue weighted by atomic mass is 79.9. The van der Waals surface area contributed by atoms with Gasteiger partial charge in [0, 0.05) is 21.8 Å². The summed E-state index contributed by atoms with van der Waals surface area (Å²) >= 11 is 8.68. The number of halogens is 1. The molecule has 1 aliphatic carbocycles. The second kappa shape index (κ2) is 6.71. The first-order valence-electron chi connectivity index (χ1n) is 6.96. The van der Waals surface area contributed by atoms with Crippen LogP contribution in [0.3, 0.4) is 0 Å². The fourth-order valence-electron chi connectivity index (χ4n) is 2.83. The van der Waals surface area contributed by atoms with Gasteiger partial charge < -0.3 is 11.1 Å². The van der Waals surface area contributed by atoms with Crippen LogP contribution in [0.4, 0.5) is 5.69 Å². The molecule has 1 aromatic carbocycles. The minimum Gasteiger partial charge on any atom is -0.389 e. The van der Waals surface area contributed by atoms with E-state index in [2.05, 4.69) is 34.2 Å². The molecule has 0 saturated heterocycles. The number of hydrogen-bond donors (Lipinski definition) is 2. The van der Waals surface area contributed by atoms with Crippen molar-refractivity contribution >= 4 is 38.8 Å². The average Bonchev–Trinajstić information content (AvgIpc) is 2.39. The highest BCUT2D eigenvalue weighted by molar-refractivity contribution is 9.10. The number of thiocarbonyl (C=S) groups is 1. The first-order chi connectivity index (χ1) is 9.11. The molecule has 0 aromatic heterocycles. The minimum atomic E-state index is 0.442. The Hall–Kier alpha value is -0.610. The lowest BCUT2D eigenvalue weighted by Crippen LogP contribution is -2.27. The molecule has 0 spiro atoms. The third kappa shape index (κ3) is 3.69. The molecule has 104 valence electrons. The molecule has 0 radical (unpaired) electrons. The third-order valence-corrected chi connectivity index (χ3v) is 4.91. The summed E-state index contributed by atoms with van der Waals surface area (Å²) in [6.45, 7) is 2.29. The molecule has 0 amide bonds. The van der Waals surface area contributed by atoms with Crippen molar-refractivity contribution in [3.63, 3.8) is 0 Å². The molecule has 0 unspecified atom stereocenters. The molecule has 0 heterocycles. The maximum absolute atomic E-state index is 5.83. The van der Waals surface area contributed by atoms with Gasteiger partial charge in [0.15, 0.2) is 0 Å². The van der Waals surface area contributed by atoms with Crippen LogP contribution in [0, 0.1) is 5.92 Å². The van der Waals surface area contributed by atoms with E-state index in [1.165, 1.54) is 32.1 Å². The van der Waals surface area contributed by atoms with Gasteiger partial charge in [0.2, 0.25) is 0 Å². The van der Waals surface area contributed by atoms with Crippen molar-refractivity contribution in [1.29, 1.82) is 0 Å². The zero-order valence-electron chi connectivity index (χ0n) is 11.3. The predicted molar refractivity (Wildman–Crippen MR) is 89.7 cm³/mol. The van der Waals surface area contributed by atoms with E-state index < -0.39 is 0 Å². The van der Waals surface area contributed by atoms with Crippen LogP contribution in [0.1, 0.15) is 44.6 Å². The van der Waals surface area contributed by atoms with E-state index >= 15 is 0 Å². The Morgan fingerprint density at radius 1 is 1.37 bits per heavy atom. The Kier molecular flexibility index (Phi) is 5.22. The number of rotatable bonds is 4. The number of nitrogens with two attached hydrogens (primary N) is 1. The van der Waals surface area contributed by atoms with Gasteiger partial charge in [-0.3, -0.25) is 0 Å². The summed E-state index contributed by atoms with van der Waals surface area (Å²) < 4.78 is 0.965. The molecule has 1 aromatic rings. The van der Waals surface area contributed by atoms with Gasteiger partial charge in [-0.05, 0) is 59.7 Å². The molecule has 1 aliphatic rings. The van der Waals surface area contributed by atoms with Crippen LogP contribution in [0.15, 0.2) is 22.7 Å². The summed E-state index contributed by atoms with van der Waals surface area (Å²) in [6.07, 6.45) is 6.43. The molecule has 4 heteroatoms. The van der Waals surface area contributed by atoms with Crippen molar-refractivity contribution in [2.24, 2.45) is 11.7 Å². The van der Waals surface area contributed by atoms with Gasteiger partial charge in [0.1, 0.15) is 4.99 Å². The van der Waals surface area contributed by atoms with Crippen LogP contribution in [-0.2, 0) is 0 Å². The summed E-state index contributed by atoms with van der Waals surface area (Å²) in [5.41, 5.74) is 7.81. The monoisotopic (exact) mass is 340 g/mol. The predicted octanol–water partition coefficient (Wildman–Crippen LogP) is 4.46. The molecule has 2 nitrogen and oxygen atoms in total. The van der Waals surface area contributed by atoms with Crippen molar-refractivity contribution in [1.82, 2.24) is 0 Å². The van der Waals surface area contributed by atoms with Crippen LogP contribution < -0.4 is 11.1 Å². The Labute approximate surface area is 129 Å². The molecule has 2 rings (SSSR count). The molecule has 0 atom stereocenters. The van der Waals surface area contributed by atoms with E-state index in [0.717, 1.165) is 21.6 Å². The van der Waals surface area contributed by atoms with Crippen LogP contribution in [0.25, 0.3) is 0 Å². The SMILES string of the molecule is CCC1CCC(Nc2cccc(Br)c2C(N)=S)CC1. The van der Waals surface area contributed by atoms with E-state index in [4.69, 9.17) is 18.0 Å². The van der Waals surface area contributed by atoms with Crippen molar-refractivity contribution in [2.75, 3.05) is 5.32 Å². The first-order valence-corrected chi connectivity index (χ1v) is 8.16. The number of hydrogen-bond acceptors (Lipinski definition) is 2. The van der Waals surface area contributed by atoms with E-state index in [-0.39, 0.29) is 0 Å². The van der Waals surface area contributed by atoms with Gasteiger partial charge in [0.05, 0.1) is 0 Å². The second-order valence-electron chi connectivity index (χ2n) is 5.30. The molecule has 1 saturated carbocycles. The summed E-state index contributed by atoms with van der Waals surface area (Å²) in [5.74, 6) is 0.913. The van der Waals surface area contributed by atoms with Crippen molar-refractivity contribution in [2.45, 2.75) is 45.1 Å². The Morgan fingerprint density at radius 2 is 2.05 bits per heavy atom. The van der Waals surface area contributed by atoms with E-state index in [0.29, 0.717) is 11.0 Å². The Bertz CT molecular complexity index is 453. The first kappa shape index (κ1) is 14.8. The highest BCUT2D eigenvalue weighted by Gasteiger charge is 2.21. The van der Waals surface area contributed by atoms with Gasteiger partial charge in [0.25, 0.3) is 0 Å². The topological polar surface area (TPSA) is 38.0 Å². The quantitative estimate of drug-likeness (QED) is 0.794. The molecular formula is C15H21BrN2S.